The molecule has 1 amide bonds. The Bertz CT molecular complexity index is 841. The number of aryl methyl sites for hydroxylation is 1. The zero-order chi connectivity index (χ0) is 24.8. The van der Waals surface area contributed by atoms with Gasteiger partial charge in [-0.2, -0.15) is 0 Å². The number of unbranched alkanes of at least 4 members (excludes halogenated alkanes) is 5. The first-order valence-corrected chi connectivity index (χ1v) is 12.4. The van der Waals surface area contributed by atoms with Gasteiger partial charge in [0.05, 0.1) is 21.3 Å². The summed E-state index contributed by atoms with van der Waals surface area (Å²) in [6.45, 7) is 4.37. The van der Waals surface area contributed by atoms with Crippen LogP contribution in [0.15, 0.2) is 36.4 Å². The second-order valence-corrected chi connectivity index (χ2v) is 8.45. The molecule has 0 saturated carbocycles. The third kappa shape index (κ3) is 8.47. The number of benzene rings is 2. The molecule has 0 radical (unpaired) electrons. The van der Waals surface area contributed by atoms with E-state index in [0.29, 0.717) is 35.1 Å². The Morgan fingerprint density at radius 1 is 0.794 bits per heavy atom. The van der Waals surface area contributed by atoms with Crippen molar-refractivity contribution in [3.8, 4) is 23.0 Å². The Labute approximate surface area is 204 Å². The summed E-state index contributed by atoms with van der Waals surface area (Å²) in [6, 6.07) is 11.5. The molecule has 2 aromatic carbocycles. The SMILES string of the molecule is CCCCCCCCC(Oc1ccc(CCC)cc1)C(=O)Nc1c(OC)cc(OC)cc1OC. The highest BCUT2D eigenvalue weighted by Crippen LogP contribution is 2.39. The van der Waals surface area contributed by atoms with E-state index in [1.807, 2.05) is 12.1 Å². The van der Waals surface area contributed by atoms with Gasteiger partial charge in [-0.15, -0.1) is 0 Å². The number of carbonyl (C=O) groups excluding carboxylic acids is 1. The predicted octanol–water partition coefficient (Wildman–Crippen LogP) is 6.80. The zero-order valence-corrected chi connectivity index (χ0v) is 21.4. The molecule has 0 aliphatic heterocycles. The highest BCUT2D eigenvalue weighted by Gasteiger charge is 2.24. The van der Waals surface area contributed by atoms with Crippen LogP contribution in [-0.2, 0) is 11.2 Å². The van der Waals surface area contributed by atoms with E-state index >= 15 is 0 Å². The number of amides is 1. The molecule has 0 bridgehead atoms. The van der Waals surface area contributed by atoms with Crippen molar-refractivity contribution in [3.05, 3.63) is 42.0 Å². The van der Waals surface area contributed by atoms with Gasteiger partial charge in [-0.05, 0) is 37.0 Å². The number of anilines is 1. The number of methoxy groups -OCH3 is 3. The van der Waals surface area contributed by atoms with E-state index in [-0.39, 0.29) is 5.91 Å². The van der Waals surface area contributed by atoms with Gasteiger partial charge in [0.2, 0.25) is 0 Å². The van der Waals surface area contributed by atoms with E-state index in [9.17, 15) is 4.79 Å². The smallest absolute Gasteiger partial charge is 0.265 e. The van der Waals surface area contributed by atoms with Crippen molar-refractivity contribution in [1.82, 2.24) is 0 Å². The molecule has 0 saturated heterocycles. The summed E-state index contributed by atoms with van der Waals surface area (Å²) in [6.07, 6.45) is 9.00. The molecule has 1 unspecified atom stereocenters. The van der Waals surface area contributed by atoms with Crippen LogP contribution in [0.4, 0.5) is 5.69 Å². The largest absolute Gasteiger partial charge is 0.496 e. The van der Waals surface area contributed by atoms with E-state index in [1.54, 1.807) is 33.5 Å². The molecule has 0 spiro atoms. The lowest BCUT2D eigenvalue weighted by Gasteiger charge is -2.21. The summed E-state index contributed by atoms with van der Waals surface area (Å²) in [5.41, 5.74) is 1.73. The van der Waals surface area contributed by atoms with Crippen LogP contribution in [0.25, 0.3) is 0 Å². The van der Waals surface area contributed by atoms with Crippen molar-refractivity contribution in [3.63, 3.8) is 0 Å². The summed E-state index contributed by atoms with van der Waals surface area (Å²) in [5.74, 6) is 1.98. The monoisotopic (exact) mass is 471 g/mol. The summed E-state index contributed by atoms with van der Waals surface area (Å²) in [5, 5.41) is 2.98. The van der Waals surface area contributed by atoms with Gasteiger partial charge < -0.3 is 24.3 Å². The van der Waals surface area contributed by atoms with Crippen molar-refractivity contribution >= 4 is 11.6 Å². The summed E-state index contributed by atoms with van der Waals surface area (Å²) >= 11 is 0. The summed E-state index contributed by atoms with van der Waals surface area (Å²) in [4.78, 5) is 13.4. The third-order valence-corrected chi connectivity index (χ3v) is 5.82. The molecule has 0 aliphatic rings. The number of rotatable bonds is 16. The highest BCUT2D eigenvalue weighted by molar-refractivity contribution is 5.97. The standard InChI is InChI=1S/C28H41NO5/c1-6-8-9-10-11-12-14-24(34-22-17-15-21(13-7-2)16-18-22)28(30)29-27-25(32-4)19-23(31-3)20-26(27)33-5/h15-20,24H,6-14H2,1-5H3,(H,29,30). The van der Waals surface area contributed by atoms with Crippen molar-refractivity contribution in [2.24, 2.45) is 0 Å². The topological polar surface area (TPSA) is 66.0 Å². The molecular formula is C28H41NO5. The molecule has 2 aromatic rings. The van der Waals surface area contributed by atoms with Gasteiger partial charge >= 0.3 is 0 Å². The van der Waals surface area contributed by atoms with Gasteiger partial charge in [-0.25, -0.2) is 0 Å². The Kier molecular flexibility index (Phi) is 12.1. The second-order valence-electron chi connectivity index (χ2n) is 8.45. The average molecular weight is 472 g/mol. The molecule has 0 heterocycles. The fourth-order valence-corrected chi connectivity index (χ4v) is 3.87. The Balaban J connectivity index is 2.17. The highest BCUT2D eigenvalue weighted by atomic mass is 16.5. The minimum atomic E-state index is -0.625. The molecule has 0 aromatic heterocycles. The lowest BCUT2D eigenvalue weighted by Crippen LogP contribution is -2.33. The molecule has 1 N–H and O–H groups in total. The van der Waals surface area contributed by atoms with Crippen LogP contribution in [-0.4, -0.2) is 33.3 Å². The molecule has 34 heavy (non-hydrogen) atoms. The Morgan fingerprint density at radius 2 is 1.41 bits per heavy atom. The van der Waals surface area contributed by atoms with Crippen LogP contribution >= 0.6 is 0 Å². The maximum Gasteiger partial charge on any atom is 0.265 e. The molecular weight excluding hydrogens is 430 g/mol. The molecule has 1 atom stereocenters. The van der Waals surface area contributed by atoms with Gasteiger partial charge in [-0.1, -0.05) is 64.5 Å². The van der Waals surface area contributed by atoms with E-state index in [4.69, 9.17) is 18.9 Å². The van der Waals surface area contributed by atoms with Crippen LogP contribution in [0.5, 0.6) is 23.0 Å². The van der Waals surface area contributed by atoms with Crippen molar-refractivity contribution in [1.29, 1.82) is 0 Å². The van der Waals surface area contributed by atoms with Crippen LogP contribution in [0, 0.1) is 0 Å². The lowest BCUT2D eigenvalue weighted by molar-refractivity contribution is -0.123. The average Bonchev–Trinajstić information content (AvgIpc) is 2.86. The number of nitrogens with one attached hydrogen (secondary N) is 1. The first-order chi connectivity index (χ1) is 16.6. The van der Waals surface area contributed by atoms with Gasteiger partial charge in [-0.3, -0.25) is 4.79 Å². The van der Waals surface area contributed by atoms with Crippen LogP contribution < -0.4 is 24.3 Å². The van der Waals surface area contributed by atoms with E-state index in [0.717, 1.165) is 25.7 Å². The van der Waals surface area contributed by atoms with Gasteiger partial charge in [0.1, 0.15) is 28.7 Å². The van der Waals surface area contributed by atoms with Crippen LogP contribution in [0.3, 0.4) is 0 Å². The van der Waals surface area contributed by atoms with Gasteiger partial charge in [0.15, 0.2) is 6.10 Å². The maximum atomic E-state index is 13.4. The fraction of sp³-hybridized carbons (Fsp3) is 0.536. The Morgan fingerprint density at radius 3 is 1.97 bits per heavy atom. The first kappa shape index (κ1) is 27.4. The molecule has 0 fully saturated rings. The number of ether oxygens (including phenoxy) is 4. The summed E-state index contributed by atoms with van der Waals surface area (Å²) < 4.78 is 22.5. The number of hydrogen-bond acceptors (Lipinski definition) is 5. The third-order valence-electron chi connectivity index (χ3n) is 5.82. The van der Waals surface area contributed by atoms with Gasteiger partial charge in [0, 0.05) is 12.1 Å². The lowest BCUT2D eigenvalue weighted by atomic mass is 10.1. The first-order valence-electron chi connectivity index (χ1n) is 12.4. The number of carbonyl (C=O) groups is 1. The summed E-state index contributed by atoms with van der Waals surface area (Å²) in [7, 11) is 4.67. The molecule has 2 rings (SSSR count). The van der Waals surface area contributed by atoms with E-state index < -0.39 is 6.10 Å². The minimum Gasteiger partial charge on any atom is -0.496 e. The molecule has 6 heteroatoms. The quantitative estimate of drug-likeness (QED) is 0.273. The maximum absolute atomic E-state index is 13.4. The van der Waals surface area contributed by atoms with Crippen molar-refractivity contribution in [2.45, 2.75) is 77.7 Å². The number of hydrogen-bond donors (Lipinski definition) is 1. The molecule has 188 valence electrons. The van der Waals surface area contributed by atoms with Crippen LogP contribution in [0.2, 0.25) is 0 Å². The van der Waals surface area contributed by atoms with Crippen molar-refractivity contribution in [2.75, 3.05) is 26.6 Å². The van der Waals surface area contributed by atoms with Gasteiger partial charge in [0.25, 0.3) is 5.91 Å². The van der Waals surface area contributed by atoms with E-state index in [1.165, 1.54) is 31.2 Å². The normalized spacial score (nSPS) is 11.6. The second kappa shape index (κ2) is 15.1. The minimum absolute atomic E-state index is 0.229. The Hall–Kier alpha value is -2.89. The van der Waals surface area contributed by atoms with Crippen LogP contribution in [0.1, 0.15) is 70.8 Å². The predicted molar refractivity (Wildman–Crippen MR) is 138 cm³/mol. The fourth-order valence-electron chi connectivity index (χ4n) is 3.87. The zero-order valence-electron chi connectivity index (χ0n) is 21.4. The van der Waals surface area contributed by atoms with E-state index in [2.05, 4.69) is 31.3 Å². The van der Waals surface area contributed by atoms with Crippen molar-refractivity contribution < 1.29 is 23.7 Å². The molecule has 0 aliphatic carbocycles. The molecule has 6 nitrogen and oxygen atoms in total.